The number of ether oxygens (including phenoxy) is 1. The number of amides is 2. The third-order valence-electron chi connectivity index (χ3n) is 6.25. The smallest absolute Gasteiger partial charge is 0.261 e. The number of rotatable bonds is 6. The molecule has 0 unspecified atom stereocenters. The first-order chi connectivity index (χ1) is 15.2. The number of anilines is 1. The molecule has 1 aromatic heterocycles. The predicted octanol–water partition coefficient (Wildman–Crippen LogP) is 2.11. The zero-order valence-electron chi connectivity index (χ0n) is 18.1. The van der Waals surface area contributed by atoms with Crippen molar-refractivity contribution in [3.63, 3.8) is 0 Å². The van der Waals surface area contributed by atoms with Gasteiger partial charge in [0.1, 0.15) is 0 Å². The first-order valence-electron chi connectivity index (χ1n) is 11.2. The molecule has 166 valence electrons. The number of hydrogen-bond acceptors (Lipinski definition) is 5. The molecule has 0 spiro atoms. The summed E-state index contributed by atoms with van der Waals surface area (Å²) in [5.74, 6) is 0.342. The molecule has 2 aliphatic heterocycles. The van der Waals surface area contributed by atoms with E-state index in [9.17, 15) is 9.59 Å². The van der Waals surface area contributed by atoms with Crippen molar-refractivity contribution >= 4 is 17.5 Å². The van der Waals surface area contributed by atoms with E-state index in [0.29, 0.717) is 45.0 Å². The lowest BCUT2D eigenvalue weighted by Crippen LogP contribution is -2.46. The molecule has 1 N–H and O–H groups in total. The summed E-state index contributed by atoms with van der Waals surface area (Å²) in [5.41, 5.74) is 2.40. The van der Waals surface area contributed by atoms with Crippen molar-refractivity contribution in [1.29, 1.82) is 0 Å². The van der Waals surface area contributed by atoms with Gasteiger partial charge in [0.25, 0.3) is 5.91 Å². The molecule has 2 aliphatic rings. The highest BCUT2D eigenvalue weighted by Crippen LogP contribution is 2.30. The summed E-state index contributed by atoms with van der Waals surface area (Å²) >= 11 is 0. The van der Waals surface area contributed by atoms with E-state index in [-0.39, 0.29) is 17.7 Å². The minimum absolute atomic E-state index is 0.0386. The van der Waals surface area contributed by atoms with E-state index in [0.717, 1.165) is 37.3 Å². The van der Waals surface area contributed by atoms with Crippen molar-refractivity contribution in [2.45, 2.75) is 25.7 Å². The van der Waals surface area contributed by atoms with E-state index in [2.05, 4.69) is 15.1 Å². The molecule has 8 nitrogen and oxygen atoms in total. The maximum absolute atomic E-state index is 13.3. The third-order valence-corrected chi connectivity index (χ3v) is 6.25. The van der Waals surface area contributed by atoms with Crippen molar-refractivity contribution in [3.8, 4) is 0 Å². The van der Waals surface area contributed by atoms with Gasteiger partial charge >= 0.3 is 0 Å². The molecule has 0 bridgehead atoms. The second-order valence-corrected chi connectivity index (χ2v) is 8.13. The van der Waals surface area contributed by atoms with Crippen LogP contribution in [0.3, 0.4) is 0 Å². The maximum atomic E-state index is 13.3. The summed E-state index contributed by atoms with van der Waals surface area (Å²) in [6.07, 6.45) is 3.29. The third kappa shape index (κ3) is 4.97. The van der Waals surface area contributed by atoms with Gasteiger partial charge in [-0.05, 0) is 31.9 Å². The molecule has 2 aromatic rings. The van der Waals surface area contributed by atoms with Crippen LogP contribution in [0.4, 0.5) is 5.69 Å². The van der Waals surface area contributed by atoms with Gasteiger partial charge in [0.05, 0.1) is 37.2 Å². The Morgan fingerprint density at radius 1 is 1.13 bits per heavy atom. The topological polar surface area (TPSA) is 81.8 Å². The second-order valence-electron chi connectivity index (χ2n) is 8.13. The van der Waals surface area contributed by atoms with Crippen LogP contribution in [-0.4, -0.2) is 84.3 Å². The van der Waals surface area contributed by atoms with E-state index in [4.69, 9.17) is 4.74 Å². The van der Waals surface area contributed by atoms with Crippen LogP contribution >= 0.6 is 0 Å². The number of likely N-dealkylation sites (tertiary alicyclic amines) is 1. The van der Waals surface area contributed by atoms with Gasteiger partial charge in [-0.2, -0.15) is 5.10 Å². The van der Waals surface area contributed by atoms with Crippen LogP contribution in [0.5, 0.6) is 0 Å². The number of carbonyl (C=O) groups excluding carboxylic acids is 2. The number of carbonyl (C=O) groups is 2. The molecule has 2 fully saturated rings. The molecule has 2 saturated heterocycles. The van der Waals surface area contributed by atoms with Crippen LogP contribution < -0.4 is 4.90 Å². The number of nitrogens with zero attached hydrogens (tertiary/aromatic N) is 4. The van der Waals surface area contributed by atoms with Gasteiger partial charge in [0.15, 0.2) is 0 Å². The van der Waals surface area contributed by atoms with Crippen molar-refractivity contribution in [3.05, 3.63) is 47.8 Å². The standard InChI is InChI=1S/C23H31N5O3/c1-2-28(19-6-4-3-5-7-19)23(30)20-16-24-25-22(20)18-8-10-27(11-9-18)21(29)17-26-12-14-31-15-13-26/h3-7,16,18H,2,8-15,17H2,1H3,(H,24,25). The van der Waals surface area contributed by atoms with Crippen LogP contribution in [0.15, 0.2) is 36.5 Å². The average Bonchev–Trinajstić information content (AvgIpc) is 3.31. The fraction of sp³-hybridized carbons (Fsp3) is 0.522. The molecule has 4 rings (SSSR count). The summed E-state index contributed by atoms with van der Waals surface area (Å²) in [6, 6.07) is 9.70. The summed E-state index contributed by atoms with van der Waals surface area (Å²) in [6.45, 7) is 7.46. The molecule has 2 amide bonds. The molecular weight excluding hydrogens is 394 g/mol. The van der Waals surface area contributed by atoms with Crippen LogP contribution in [0, 0.1) is 0 Å². The lowest BCUT2D eigenvalue weighted by atomic mass is 9.91. The number of piperidine rings is 1. The van der Waals surface area contributed by atoms with Gasteiger partial charge in [-0.1, -0.05) is 18.2 Å². The Morgan fingerprint density at radius 2 is 1.84 bits per heavy atom. The Morgan fingerprint density at radius 3 is 2.52 bits per heavy atom. The van der Waals surface area contributed by atoms with Crippen molar-refractivity contribution in [2.24, 2.45) is 0 Å². The predicted molar refractivity (Wildman–Crippen MR) is 118 cm³/mol. The van der Waals surface area contributed by atoms with E-state index in [1.54, 1.807) is 11.1 Å². The lowest BCUT2D eigenvalue weighted by Gasteiger charge is -2.34. The minimum atomic E-state index is -0.0386. The van der Waals surface area contributed by atoms with Crippen molar-refractivity contribution < 1.29 is 14.3 Å². The Balaban J connectivity index is 1.38. The highest BCUT2D eigenvalue weighted by molar-refractivity contribution is 6.06. The average molecular weight is 426 g/mol. The summed E-state index contributed by atoms with van der Waals surface area (Å²) < 4.78 is 5.36. The Labute approximate surface area is 183 Å². The quantitative estimate of drug-likeness (QED) is 0.767. The van der Waals surface area contributed by atoms with Gasteiger partial charge < -0.3 is 14.5 Å². The molecule has 1 aromatic carbocycles. The van der Waals surface area contributed by atoms with E-state index in [1.165, 1.54) is 0 Å². The molecular formula is C23H31N5O3. The fourth-order valence-corrected chi connectivity index (χ4v) is 4.44. The number of H-pyrrole nitrogens is 1. The van der Waals surface area contributed by atoms with Crippen molar-refractivity contribution in [2.75, 3.05) is 57.4 Å². The summed E-state index contributed by atoms with van der Waals surface area (Å²) in [4.78, 5) is 31.8. The zero-order chi connectivity index (χ0) is 21.6. The van der Waals surface area contributed by atoms with Gasteiger partial charge in [0, 0.05) is 44.3 Å². The second kappa shape index (κ2) is 10.1. The fourth-order valence-electron chi connectivity index (χ4n) is 4.44. The number of aromatic amines is 1. The van der Waals surface area contributed by atoms with Gasteiger partial charge in [-0.15, -0.1) is 0 Å². The number of hydrogen-bond donors (Lipinski definition) is 1. The normalized spacial score (nSPS) is 18.2. The number of nitrogens with one attached hydrogen (secondary N) is 1. The molecule has 0 atom stereocenters. The molecule has 0 saturated carbocycles. The molecule has 0 radical (unpaired) electrons. The zero-order valence-corrected chi connectivity index (χ0v) is 18.1. The molecule has 8 heteroatoms. The van der Waals surface area contributed by atoms with Gasteiger partial charge in [-0.25, -0.2) is 0 Å². The number of para-hydroxylation sites is 1. The summed E-state index contributed by atoms with van der Waals surface area (Å²) in [7, 11) is 0. The maximum Gasteiger partial charge on any atom is 0.261 e. The number of morpholine rings is 1. The largest absolute Gasteiger partial charge is 0.379 e. The van der Waals surface area contributed by atoms with Crippen LogP contribution in [0.25, 0.3) is 0 Å². The van der Waals surface area contributed by atoms with Crippen LogP contribution in [0.1, 0.15) is 41.7 Å². The highest BCUT2D eigenvalue weighted by Gasteiger charge is 2.30. The molecule has 3 heterocycles. The SMILES string of the molecule is CCN(C(=O)c1cn[nH]c1C1CCN(C(=O)CN2CCOCC2)CC1)c1ccccc1. The molecule has 0 aliphatic carbocycles. The monoisotopic (exact) mass is 425 g/mol. The molecule has 31 heavy (non-hydrogen) atoms. The number of aromatic nitrogens is 2. The number of benzene rings is 1. The lowest BCUT2D eigenvalue weighted by molar-refractivity contribution is -0.134. The first-order valence-corrected chi connectivity index (χ1v) is 11.2. The van der Waals surface area contributed by atoms with Crippen LogP contribution in [0.2, 0.25) is 0 Å². The summed E-state index contributed by atoms with van der Waals surface area (Å²) in [5, 5.41) is 7.26. The Bertz CT molecular complexity index is 870. The highest BCUT2D eigenvalue weighted by atomic mass is 16.5. The van der Waals surface area contributed by atoms with Gasteiger partial charge in [-0.3, -0.25) is 19.6 Å². The van der Waals surface area contributed by atoms with Gasteiger partial charge in [0.2, 0.25) is 5.91 Å². The Kier molecular flexibility index (Phi) is 6.99. The van der Waals surface area contributed by atoms with E-state index < -0.39 is 0 Å². The van der Waals surface area contributed by atoms with Crippen LogP contribution in [-0.2, 0) is 9.53 Å². The van der Waals surface area contributed by atoms with Crippen molar-refractivity contribution in [1.82, 2.24) is 20.0 Å². The Hall–Kier alpha value is -2.71. The first kappa shape index (κ1) is 21.5. The van der Waals surface area contributed by atoms with E-state index >= 15 is 0 Å². The minimum Gasteiger partial charge on any atom is -0.379 e. The van der Waals surface area contributed by atoms with E-state index in [1.807, 2.05) is 42.2 Å².